The Morgan fingerprint density at radius 2 is 1.44 bits per heavy atom. The van der Waals surface area contributed by atoms with E-state index in [1.807, 2.05) is 68.4 Å². The number of amides is 3. The predicted octanol–water partition coefficient (Wildman–Crippen LogP) is 4.57. The fraction of sp³-hybridized carbons (Fsp3) is 0.529. The number of carbonyl (C=O) groups excluding carboxylic acids is 4. The third-order valence-corrected chi connectivity index (χ3v) is 7.04. The topological polar surface area (TPSA) is 114 Å². The van der Waals surface area contributed by atoms with Crippen molar-refractivity contribution in [1.82, 2.24) is 15.5 Å². The van der Waals surface area contributed by atoms with Crippen molar-refractivity contribution < 1.29 is 28.7 Å². The lowest BCUT2D eigenvalue weighted by atomic mass is 10.0. The van der Waals surface area contributed by atoms with Crippen LogP contribution in [0.2, 0.25) is 0 Å². The first-order chi connectivity index (χ1) is 20.4. The van der Waals surface area contributed by atoms with Crippen molar-refractivity contribution in [3.63, 3.8) is 0 Å². The fourth-order valence-corrected chi connectivity index (χ4v) is 4.88. The molecule has 1 aliphatic rings. The molecule has 1 heterocycles. The molecular weight excluding hydrogens is 546 g/mol. The van der Waals surface area contributed by atoms with Crippen molar-refractivity contribution in [1.29, 1.82) is 0 Å². The van der Waals surface area contributed by atoms with E-state index in [0.29, 0.717) is 31.9 Å². The number of hydrogen-bond donors (Lipinski definition) is 2. The molecule has 2 aromatic rings. The second-order valence-corrected chi connectivity index (χ2v) is 12.6. The molecule has 2 aromatic carbocycles. The van der Waals surface area contributed by atoms with Crippen molar-refractivity contribution in [2.24, 2.45) is 5.92 Å². The molecule has 9 nitrogen and oxygen atoms in total. The average molecular weight is 594 g/mol. The van der Waals surface area contributed by atoms with Gasteiger partial charge in [-0.3, -0.25) is 14.4 Å². The Hall–Kier alpha value is -3.88. The lowest BCUT2D eigenvalue weighted by Crippen LogP contribution is -2.55. The maximum Gasteiger partial charge on any atom is 0.329 e. The molecule has 1 fully saturated rings. The standard InChI is InChI=1S/C34H47N3O6/c1-24(2)21-28(35-31(39)32(40)37-19-11-6-7-12-20-37)30(38)36-29(33(41)43-34(3,4)5)22-25-15-17-27(18-16-25)42-23-26-13-9-8-10-14-26/h8-10,13-18,24,28-29H,6-7,11-12,19-23H2,1-5H3,(H,35,39)(H,36,38). The number of likely N-dealkylation sites (tertiary alicyclic amines) is 1. The van der Waals surface area contributed by atoms with E-state index >= 15 is 0 Å². The van der Waals surface area contributed by atoms with Crippen LogP contribution < -0.4 is 15.4 Å². The van der Waals surface area contributed by atoms with Gasteiger partial charge in [-0.2, -0.15) is 0 Å². The highest BCUT2D eigenvalue weighted by molar-refractivity contribution is 6.35. The monoisotopic (exact) mass is 593 g/mol. The quantitative estimate of drug-likeness (QED) is 0.292. The molecule has 2 unspecified atom stereocenters. The number of ether oxygens (including phenoxy) is 2. The lowest BCUT2D eigenvalue weighted by Gasteiger charge is -2.27. The van der Waals surface area contributed by atoms with Gasteiger partial charge in [0.15, 0.2) is 0 Å². The van der Waals surface area contributed by atoms with Gasteiger partial charge in [0.05, 0.1) is 0 Å². The molecule has 0 radical (unpaired) electrons. The Kier molecular flexibility index (Phi) is 12.6. The van der Waals surface area contributed by atoms with Crippen LogP contribution in [0.3, 0.4) is 0 Å². The van der Waals surface area contributed by atoms with Gasteiger partial charge in [0.2, 0.25) is 5.91 Å². The average Bonchev–Trinajstić information content (AvgIpc) is 3.25. The molecule has 1 aliphatic heterocycles. The Balaban J connectivity index is 1.70. The molecule has 9 heteroatoms. The van der Waals surface area contributed by atoms with Crippen LogP contribution >= 0.6 is 0 Å². The summed E-state index contributed by atoms with van der Waals surface area (Å²) in [7, 11) is 0. The van der Waals surface area contributed by atoms with E-state index in [1.165, 1.54) is 0 Å². The Morgan fingerprint density at radius 1 is 0.814 bits per heavy atom. The minimum Gasteiger partial charge on any atom is -0.489 e. The van der Waals surface area contributed by atoms with E-state index in [4.69, 9.17) is 9.47 Å². The maximum absolute atomic E-state index is 13.5. The van der Waals surface area contributed by atoms with Crippen LogP contribution in [0.5, 0.6) is 5.75 Å². The molecule has 1 saturated heterocycles. The van der Waals surface area contributed by atoms with Gasteiger partial charge >= 0.3 is 17.8 Å². The number of benzene rings is 2. The summed E-state index contributed by atoms with van der Waals surface area (Å²) in [6.07, 6.45) is 4.24. The van der Waals surface area contributed by atoms with E-state index in [-0.39, 0.29) is 12.3 Å². The van der Waals surface area contributed by atoms with Crippen molar-refractivity contribution in [3.8, 4) is 5.75 Å². The number of hydrogen-bond acceptors (Lipinski definition) is 6. The molecule has 43 heavy (non-hydrogen) atoms. The summed E-state index contributed by atoms with van der Waals surface area (Å²) in [5.74, 6) is -1.82. The molecule has 2 N–H and O–H groups in total. The number of esters is 1. The largest absolute Gasteiger partial charge is 0.489 e. The SMILES string of the molecule is CC(C)CC(NC(=O)C(=O)N1CCCCCC1)C(=O)NC(Cc1ccc(OCc2ccccc2)cc1)C(=O)OC(C)(C)C. The van der Waals surface area contributed by atoms with Gasteiger partial charge in [-0.1, -0.05) is 69.2 Å². The zero-order chi connectivity index (χ0) is 31.4. The second kappa shape index (κ2) is 16.1. The van der Waals surface area contributed by atoms with Crippen LogP contribution in [0.25, 0.3) is 0 Å². The fourth-order valence-electron chi connectivity index (χ4n) is 4.88. The summed E-state index contributed by atoms with van der Waals surface area (Å²) in [5, 5.41) is 5.45. The predicted molar refractivity (Wildman–Crippen MR) is 165 cm³/mol. The van der Waals surface area contributed by atoms with Crippen LogP contribution in [-0.4, -0.2) is 59.4 Å². The summed E-state index contributed by atoms with van der Waals surface area (Å²) in [4.78, 5) is 54.1. The van der Waals surface area contributed by atoms with E-state index in [2.05, 4.69) is 10.6 Å². The first kappa shape index (κ1) is 33.6. The number of carbonyl (C=O) groups is 4. The first-order valence-corrected chi connectivity index (χ1v) is 15.3. The summed E-state index contributed by atoms with van der Waals surface area (Å²) in [6, 6.07) is 15.2. The number of nitrogens with zero attached hydrogens (tertiary/aromatic N) is 1. The normalized spacial score (nSPS) is 15.2. The van der Waals surface area contributed by atoms with Gasteiger partial charge in [-0.05, 0) is 69.2 Å². The Bertz CT molecular complexity index is 1200. The van der Waals surface area contributed by atoms with E-state index in [9.17, 15) is 19.2 Å². The van der Waals surface area contributed by atoms with Gasteiger partial charge in [0, 0.05) is 19.5 Å². The molecule has 3 amide bonds. The molecule has 0 spiro atoms. The summed E-state index contributed by atoms with van der Waals surface area (Å²) >= 11 is 0. The number of rotatable bonds is 11. The van der Waals surface area contributed by atoms with Crippen LogP contribution in [0.1, 0.15) is 77.8 Å². The van der Waals surface area contributed by atoms with Crippen LogP contribution in [0.4, 0.5) is 0 Å². The van der Waals surface area contributed by atoms with Gasteiger partial charge in [0.1, 0.15) is 30.0 Å². The smallest absolute Gasteiger partial charge is 0.329 e. The minimum atomic E-state index is -1.00. The molecule has 2 atom stereocenters. The van der Waals surface area contributed by atoms with Crippen molar-refractivity contribution in [3.05, 3.63) is 65.7 Å². The molecule has 0 bridgehead atoms. The van der Waals surface area contributed by atoms with Crippen LogP contribution in [0.15, 0.2) is 54.6 Å². The highest BCUT2D eigenvalue weighted by Crippen LogP contribution is 2.18. The highest BCUT2D eigenvalue weighted by Gasteiger charge is 2.32. The highest BCUT2D eigenvalue weighted by atomic mass is 16.6. The maximum atomic E-state index is 13.5. The summed E-state index contributed by atoms with van der Waals surface area (Å²) in [5.41, 5.74) is 1.08. The van der Waals surface area contributed by atoms with E-state index in [0.717, 1.165) is 36.8 Å². The van der Waals surface area contributed by atoms with E-state index in [1.54, 1.807) is 25.7 Å². The summed E-state index contributed by atoms with van der Waals surface area (Å²) < 4.78 is 11.5. The minimum absolute atomic E-state index is 0.0488. The van der Waals surface area contributed by atoms with Gasteiger partial charge in [0.25, 0.3) is 0 Å². The van der Waals surface area contributed by atoms with Gasteiger partial charge in [-0.25, -0.2) is 4.79 Å². The molecule has 0 aliphatic carbocycles. The zero-order valence-corrected chi connectivity index (χ0v) is 26.2. The van der Waals surface area contributed by atoms with Gasteiger partial charge in [-0.15, -0.1) is 0 Å². The Labute approximate surface area is 255 Å². The van der Waals surface area contributed by atoms with Crippen LogP contribution in [0, 0.1) is 5.92 Å². The molecule has 0 saturated carbocycles. The molecular formula is C34H47N3O6. The molecule has 3 rings (SSSR count). The zero-order valence-electron chi connectivity index (χ0n) is 26.2. The Morgan fingerprint density at radius 3 is 2.02 bits per heavy atom. The molecule has 234 valence electrons. The summed E-state index contributed by atoms with van der Waals surface area (Å²) in [6.45, 7) is 10.6. The lowest BCUT2D eigenvalue weighted by molar-refractivity contribution is -0.158. The van der Waals surface area contributed by atoms with Crippen molar-refractivity contribution >= 4 is 23.7 Å². The third kappa shape index (κ3) is 11.7. The second-order valence-electron chi connectivity index (χ2n) is 12.6. The third-order valence-electron chi connectivity index (χ3n) is 7.04. The van der Waals surface area contributed by atoms with Crippen LogP contribution in [-0.2, 0) is 36.9 Å². The van der Waals surface area contributed by atoms with Crippen molar-refractivity contribution in [2.45, 2.75) is 97.4 Å². The van der Waals surface area contributed by atoms with Gasteiger partial charge < -0.3 is 25.0 Å². The number of nitrogens with one attached hydrogen (secondary N) is 2. The van der Waals surface area contributed by atoms with E-state index < -0.39 is 41.4 Å². The first-order valence-electron chi connectivity index (χ1n) is 15.3. The molecule has 0 aromatic heterocycles. The van der Waals surface area contributed by atoms with Crippen molar-refractivity contribution in [2.75, 3.05) is 13.1 Å².